The number of aromatic nitrogens is 2. The van der Waals surface area contributed by atoms with Crippen LogP contribution in [-0.4, -0.2) is 23.6 Å². The SMILES string of the molecule is CCCNc1cc(Nc2cc(Cl)ccc2OC)nc(N)n1. The van der Waals surface area contributed by atoms with Crippen molar-refractivity contribution in [2.75, 3.05) is 30.0 Å². The van der Waals surface area contributed by atoms with E-state index < -0.39 is 0 Å². The number of nitrogens with one attached hydrogen (secondary N) is 2. The van der Waals surface area contributed by atoms with Crippen LogP contribution in [0.15, 0.2) is 24.3 Å². The van der Waals surface area contributed by atoms with Gasteiger partial charge in [0.2, 0.25) is 5.95 Å². The minimum absolute atomic E-state index is 0.194. The Hall–Kier alpha value is -2.21. The van der Waals surface area contributed by atoms with Crippen molar-refractivity contribution in [2.45, 2.75) is 13.3 Å². The summed E-state index contributed by atoms with van der Waals surface area (Å²) in [5, 5.41) is 6.92. The molecule has 1 heterocycles. The lowest BCUT2D eigenvalue weighted by atomic mass is 10.3. The molecule has 0 bridgehead atoms. The van der Waals surface area contributed by atoms with Crippen molar-refractivity contribution in [1.82, 2.24) is 9.97 Å². The second kappa shape index (κ2) is 6.99. The summed E-state index contributed by atoms with van der Waals surface area (Å²) >= 11 is 6.01. The lowest BCUT2D eigenvalue weighted by molar-refractivity contribution is 0.417. The summed E-state index contributed by atoms with van der Waals surface area (Å²) < 4.78 is 5.29. The van der Waals surface area contributed by atoms with Crippen LogP contribution in [0.1, 0.15) is 13.3 Å². The Bertz CT molecular complexity index is 620. The summed E-state index contributed by atoms with van der Waals surface area (Å²) in [6, 6.07) is 7.09. The number of ether oxygens (including phenoxy) is 1. The number of anilines is 4. The molecular weight excluding hydrogens is 290 g/mol. The third-order valence-electron chi connectivity index (χ3n) is 2.72. The van der Waals surface area contributed by atoms with Crippen LogP contribution < -0.4 is 21.1 Å². The third kappa shape index (κ3) is 4.13. The maximum Gasteiger partial charge on any atom is 0.223 e. The first-order valence-electron chi connectivity index (χ1n) is 6.61. The van der Waals surface area contributed by atoms with E-state index in [0.29, 0.717) is 28.1 Å². The van der Waals surface area contributed by atoms with Gasteiger partial charge in [0.1, 0.15) is 17.4 Å². The Morgan fingerprint density at radius 1 is 1.24 bits per heavy atom. The quantitative estimate of drug-likeness (QED) is 0.759. The van der Waals surface area contributed by atoms with Crippen molar-refractivity contribution in [1.29, 1.82) is 0 Å². The van der Waals surface area contributed by atoms with Crippen LogP contribution in [-0.2, 0) is 0 Å². The highest BCUT2D eigenvalue weighted by Gasteiger charge is 2.07. The first kappa shape index (κ1) is 15.2. The van der Waals surface area contributed by atoms with Gasteiger partial charge in [-0.3, -0.25) is 0 Å². The van der Waals surface area contributed by atoms with Crippen LogP contribution in [0, 0.1) is 0 Å². The number of nitrogen functional groups attached to an aromatic ring is 1. The number of hydrogen-bond acceptors (Lipinski definition) is 6. The van der Waals surface area contributed by atoms with E-state index in [0.717, 1.165) is 13.0 Å². The van der Waals surface area contributed by atoms with Crippen LogP contribution in [0.5, 0.6) is 5.75 Å². The van der Waals surface area contributed by atoms with Gasteiger partial charge < -0.3 is 21.1 Å². The van der Waals surface area contributed by atoms with E-state index in [-0.39, 0.29) is 5.95 Å². The van der Waals surface area contributed by atoms with Gasteiger partial charge in [-0.15, -0.1) is 0 Å². The maximum absolute atomic E-state index is 6.01. The molecule has 1 aromatic carbocycles. The van der Waals surface area contributed by atoms with Gasteiger partial charge in [-0.05, 0) is 24.6 Å². The summed E-state index contributed by atoms with van der Waals surface area (Å²) in [5.74, 6) is 2.11. The molecule has 0 unspecified atom stereocenters. The van der Waals surface area contributed by atoms with Crippen molar-refractivity contribution in [3.63, 3.8) is 0 Å². The van der Waals surface area contributed by atoms with Crippen molar-refractivity contribution in [2.24, 2.45) is 0 Å². The van der Waals surface area contributed by atoms with Gasteiger partial charge in [-0.1, -0.05) is 18.5 Å². The Morgan fingerprint density at radius 3 is 2.71 bits per heavy atom. The summed E-state index contributed by atoms with van der Waals surface area (Å²) in [5.41, 5.74) is 6.44. The highest BCUT2D eigenvalue weighted by Crippen LogP contribution is 2.30. The van der Waals surface area contributed by atoms with Gasteiger partial charge in [-0.2, -0.15) is 9.97 Å². The maximum atomic E-state index is 6.01. The molecule has 0 radical (unpaired) electrons. The molecule has 0 aliphatic heterocycles. The molecule has 1 aromatic heterocycles. The molecule has 2 rings (SSSR count). The molecule has 0 saturated heterocycles. The monoisotopic (exact) mass is 307 g/mol. The average Bonchev–Trinajstić information content (AvgIpc) is 2.45. The fourth-order valence-corrected chi connectivity index (χ4v) is 1.96. The predicted octanol–water partition coefficient (Wildman–Crippen LogP) is 3.29. The smallest absolute Gasteiger partial charge is 0.223 e. The largest absolute Gasteiger partial charge is 0.495 e. The van der Waals surface area contributed by atoms with Crippen LogP contribution in [0.25, 0.3) is 0 Å². The molecule has 0 aliphatic rings. The van der Waals surface area contributed by atoms with Gasteiger partial charge in [0, 0.05) is 17.6 Å². The van der Waals surface area contributed by atoms with E-state index in [1.54, 1.807) is 31.4 Å². The lowest BCUT2D eigenvalue weighted by Crippen LogP contribution is -2.07. The van der Waals surface area contributed by atoms with E-state index in [4.69, 9.17) is 22.1 Å². The summed E-state index contributed by atoms with van der Waals surface area (Å²) in [7, 11) is 1.59. The molecule has 21 heavy (non-hydrogen) atoms. The van der Waals surface area contributed by atoms with Crippen molar-refractivity contribution in [3.8, 4) is 5.75 Å². The lowest BCUT2D eigenvalue weighted by Gasteiger charge is -2.12. The number of methoxy groups -OCH3 is 1. The predicted molar refractivity (Wildman–Crippen MR) is 86.5 cm³/mol. The van der Waals surface area contributed by atoms with Gasteiger partial charge in [0.25, 0.3) is 0 Å². The fourth-order valence-electron chi connectivity index (χ4n) is 1.79. The van der Waals surface area contributed by atoms with Crippen LogP contribution in [0.3, 0.4) is 0 Å². The van der Waals surface area contributed by atoms with E-state index in [2.05, 4.69) is 27.5 Å². The molecule has 4 N–H and O–H groups in total. The second-order valence-corrected chi connectivity index (χ2v) is 4.83. The molecule has 7 heteroatoms. The number of rotatable bonds is 6. The topological polar surface area (TPSA) is 85.1 Å². The molecule has 112 valence electrons. The van der Waals surface area contributed by atoms with E-state index in [1.165, 1.54) is 0 Å². The van der Waals surface area contributed by atoms with Crippen molar-refractivity contribution in [3.05, 3.63) is 29.3 Å². The zero-order chi connectivity index (χ0) is 15.2. The zero-order valence-corrected chi connectivity index (χ0v) is 12.7. The van der Waals surface area contributed by atoms with Gasteiger partial charge in [0.15, 0.2) is 0 Å². The first-order chi connectivity index (χ1) is 10.1. The highest BCUT2D eigenvalue weighted by molar-refractivity contribution is 6.31. The Labute approximate surface area is 128 Å². The van der Waals surface area contributed by atoms with Crippen LogP contribution >= 0.6 is 11.6 Å². The Balaban J connectivity index is 2.26. The number of hydrogen-bond donors (Lipinski definition) is 3. The molecule has 0 spiro atoms. The van der Waals surface area contributed by atoms with E-state index in [9.17, 15) is 0 Å². The second-order valence-electron chi connectivity index (χ2n) is 4.39. The molecule has 0 atom stereocenters. The van der Waals surface area contributed by atoms with Crippen molar-refractivity contribution >= 4 is 34.9 Å². The Kier molecular flexibility index (Phi) is 5.05. The average molecular weight is 308 g/mol. The van der Waals surface area contributed by atoms with Gasteiger partial charge in [0.05, 0.1) is 12.8 Å². The third-order valence-corrected chi connectivity index (χ3v) is 2.96. The molecule has 0 amide bonds. The van der Waals surface area contributed by atoms with Gasteiger partial charge in [-0.25, -0.2) is 0 Å². The van der Waals surface area contributed by atoms with Gasteiger partial charge >= 0.3 is 0 Å². The first-order valence-corrected chi connectivity index (χ1v) is 6.99. The van der Waals surface area contributed by atoms with Crippen LogP contribution in [0.2, 0.25) is 5.02 Å². The summed E-state index contributed by atoms with van der Waals surface area (Å²) in [6.07, 6.45) is 0.995. The van der Waals surface area contributed by atoms with E-state index >= 15 is 0 Å². The molecular formula is C14H18ClN5O. The molecule has 0 aliphatic carbocycles. The van der Waals surface area contributed by atoms with Crippen molar-refractivity contribution < 1.29 is 4.74 Å². The number of benzene rings is 1. The zero-order valence-electron chi connectivity index (χ0n) is 12.0. The highest BCUT2D eigenvalue weighted by atomic mass is 35.5. The number of halogens is 1. The molecule has 0 saturated carbocycles. The van der Waals surface area contributed by atoms with E-state index in [1.807, 2.05) is 0 Å². The number of nitrogens with zero attached hydrogens (tertiary/aromatic N) is 2. The summed E-state index contributed by atoms with van der Waals surface area (Å²) in [6.45, 7) is 2.89. The minimum atomic E-state index is 0.194. The molecule has 6 nitrogen and oxygen atoms in total. The molecule has 0 fully saturated rings. The normalized spacial score (nSPS) is 10.2. The fraction of sp³-hybridized carbons (Fsp3) is 0.286. The van der Waals surface area contributed by atoms with Crippen LogP contribution in [0.4, 0.5) is 23.3 Å². The molecule has 2 aromatic rings. The minimum Gasteiger partial charge on any atom is -0.495 e. The summed E-state index contributed by atoms with van der Waals surface area (Å²) in [4.78, 5) is 8.29. The number of nitrogens with two attached hydrogens (primary N) is 1. The standard InChI is InChI=1S/C14H18ClN5O/c1-3-6-17-12-8-13(20-14(16)19-12)18-10-7-9(15)4-5-11(10)21-2/h4-5,7-8H,3,6H2,1-2H3,(H4,16,17,18,19,20). The Morgan fingerprint density at radius 2 is 2.00 bits per heavy atom.